The van der Waals surface area contributed by atoms with Crippen LogP contribution < -0.4 is 9.47 Å². The van der Waals surface area contributed by atoms with Gasteiger partial charge < -0.3 is 19.3 Å². The van der Waals surface area contributed by atoms with Crippen molar-refractivity contribution in [2.75, 3.05) is 20.3 Å². The third kappa shape index (κ3) is 7.23. The molecular formula is C23H28O6. The van der Waals surface area contributed by atoms with Gasteiger partial charge in [-0.3, -0.25) is 4.79 Å². The predicted octanol–water partition coefficient (Wildman–Crippen LogP) is 4.02. The molecule has 0 aliphatic heterocycles. The molecule has 0 saturated carbocycles. The summed E-state index contributed by atoms with van der Waals surface area (Å²) in [4.78, 5) is 22.9. The topological polar surface area (TPSA) is 82.1 Å². The van der Waals surface area contributed by atoms with Crippen molar-refractivity contribution in [3.8, 4) is 11.5 Å². The summed E-state index contributed by atoms with van der Waals surface area (Å²) in [7, 11) is 1.39. The number of aliphatic carboxylic acids is 1. The molecule has 2 rings (SSSR count). The Morgan fingerprint density at radius 1 is 0.897 bits per heavy atom. The Hall–Kier alpha value is -2.86. The first kappa shape index (κ1) is 22.4. The van der Waals surface area contributed by atoms with E-state index in [4.69, 9.17) is 19.3 Å². The summed E-state index contributed by atoms with van der Waals surface area (Å²) < 4.78 is 16.3. The lowest BCUT2D eigenvalue weighted by molar-refractivity contribution is -0.148. The first-order valence-corrected chi connectivity index (χ1v) is 9.65. The van der Waals surface area contributed by atoms with Crippen molar-refractivity contribution in [2.45, 2.75) is 32.8 Å². The Labute approximate surface area is 171 Å². The molecule has 156 valence electrons. The van der Waals surface area contributed by atoms with E-state index in [0.717, 1.165) is 17.1 Å². The van der Waals surface area contributed by atoms with Crippen LogP contribution in [0.15, 0.2) is 48.5 Å². The second-order valence-electron chi connectivity index (χ2n) is 7.00. The minimum Gasteiger partial charge on any atom is -0.493 e. The molecule has 0 radical (unpaired) electrons. The van der Waals surface area contributed by atoms with E-state index in [2.05, 4.69) is 0 Å². The average molecular weight is 400 g/mol. The van der Waals surface area contributed by atoms with Crippen molar-refractivity contribution in [3.63, 3.8) is 0 Å². The number of methoxy groups -OCH3 is 1. The molecule has 0 saturated heterocycles. The first-order valence-electron chi connectivity index (χ1n) is 9.65. The number of benzene rings is 2. The molecule has 6 nitrogen and oxygen atoms in total. The lowest BCUT2D eigenvalue weighted by atomic mass is 10.0. The van der Waals surface area contributed by atoms with Gasteiger partial charge in [0, 0.05) is 31.4 Å². The van der Waals surface area contributed by atoms with Crippen molar-refractivity contribution in [3.05, 3.63) is 59.7 Å². The smallest absolute Gasteiger partial charge is 0.333 e. The van der Waals surface area contributed by atoms with Crippen LogP contribution in [0.25, 0.3) is 0 Å². The Bertz CT molecular complexity index is 780. The molecule has 6 heteroatoms. The normalized spacial score (nSPS) is 11.9. The highest BCUT2D eigenvalue weighted by atomic mass is 16.5. The summed E-state index contributed by atoms with van der Waals surface area (Å²) in [6.45, 7) is 4.77. The molecule has 2 aromatic carbocycles. The summed E-state index contributed by atoms with van der Waals surface area (Å²) in [5.41, 5.74) is 1.56. The largest absolute Gasteiger partial charge is 0.493 e. The molecule has 1 atom stereocenters. The van der Waals surface area contributed by atoms with Gasteiger partial charge in [0.15, 0.2) is 11.9 Å². The van der Waals surface area contributed by atoms with Crippen LogP contribution in [-0.4, -0.2) is 43.3 Å². The zero-order valence-corrected chi connectivity index (χ0v) is 17.1. The Morgan fingerprint density at radius 2 is 1.41 bits per heavy atom. The van der Waals surface area contributed by atoms with E-state index in [0.29, 0.717) is 31.6 Å². The molecule has 2 aromatic rings. The molecule has 0 heterocycles. The lowest BCUT2D eigenvalue weighted by Gasteiger charge is -2.11. The molecule has 0 aliphatic carbocycles. The van der Waals surface area contributed by atoms with E-state index in [-0.39, 0.29) is 11.7 Å². The molecule has 0 aromatic heterocycles. The minimum absolute atomic E-state index is 0.0217. The van der Waals surface area contributed by atoms with Crippen LogP contribution in [0.3, 0.4) is 0 Å². The second kappa shape index (κ2) is 11.2. The number of hydrogen-bond donors (Lipinski definition) is 1. The van der Waals surface area contributed by atoms with Crippen molar-refractivity contribution in [1.82, 2.24) is 0 Å². The van der Waals surface area contributed by atoms with Gasteiger partial charge >= 0.3 is 5.97 Å². The number of carboxylic acids is 1. The van der Waals surface area contributed by atoms with E-state index >= 15 is 0 Å². The number of carbonyl (C=O) groups excluding carboxylic acids is 1. The Balaban J connectivity index is 1.70. The van der Waals surface area contributed by atoms with Crippen LogP contribution in [0.1, 0.15) is 36.2 Å². The Kier molecular flexibility index (Phi) is 8.68. The zero-order valence-electron chi connectivity index (χ0n) is 17.1. The molecule has 1 N–H and O–H groups in total. The number of ether oxygens (including phenoxy) is 3. The molecule has 0 amide bonds. The molecule has 0 fully saturated rings. The van der Waals surface area contributed by atoms with Crippen LogP contribution in [0.2, 0.25) is 0 Å². The molecule has 0 spiro atoms. The third-order valence-electron chi connectivity index (χ3n) is 4.39. The molecule has 29 heavy (non-hydrogen) atoms. The number of hydrogen-bond acceptors (Lipinski definition) is 5. The van der Waals surface area contributed by atoms with Crippen molar-refractivity contribution >= 4 is 11.8 Å². The van der Waals surface area contributed by atoms with Crippen molar-refractivity contribution in [2.24, 2.45) is 5.92 Å². The number of ketones is 1. The summed E-state index contributed by atoms with van der Waals surface area (Å²) in [6.07, 6.45) is 0.164. The quantitative estimate of drug-likeness (QED) is 0.428. The van der Waals surface area contributed by atoms with E-state index in [1.807, 2.05) is 38.1 Å². The van der Waals surface area contributed by atoms with Gasteiger partial charge in [0.05, 0.1) is 13.2 Å². The molecule has 0 bridgehead atoms. The van der Waals surface area contributed by atoms with Crippen LogP contribution in [-0.2, 0) is 16.0 Å². The highest BCUT2D eigenvalue weighted by Crippen LogP contribution is 2.16. The van der Waals surface area contributed by atoms with Gasteiger partial charge in [-0.25, -0.2) is 4.79 Å². The maximum absolute atomic E-state index is 11.9. The summed E-state index contributed by atoms with van der Waals surface area (Å²) in [5, 5.41) is 9.02. The standard InChI is InChI=1S/C23H28O6/c1-16(2)22(24)18-7-11-20(12-8-18)29-14-4-13-28-19-9-5-17(6-10-19)15-21(27-3)23(25)26/h5-12,16,21H,4,13-15H2,1-3H3,(H,25,26)/t21-/m0/s1. The van der Waals surface area contributed by atoms with Gasteiger partial charge in [0.1, 0.15) is 11.5 Å². The van der Waals surface area contributed by atoms with Crippen molar-refractivity contribution in [1.29, 1.82) is 0 Å². The van der Waals surface area contributed by atoms with Crippen molar-refractivity contribution < 1.29 is 28.9 Å². The summed E-state index contributed by atoms with van der Waals surface area (Å²) >= 11 is 0. The van der Waals surface area contributed by atoms with Gasteiger partial charge in [0.25, 0.3) is 0 Å². The minimum atomic E-state index is -0.978. The molecule has 0 unspecified atom stereocenters. The van der Waals surface area contributed by atoms with E-state index in [9.17, 15) is 9.59 Å². The third-order valence-corrected chi connectivity index (χ3v) is 4.39. The second-order valence-corrected chi connectivity index (χ2v) is 7.00. The highest BCUT2D eigenvalue weighted by molar-refractivity contribution is 5.97. The molecular weight excluding hydrogens is 372 g/mol. The van der Waals surface area contributed by atoms with Gasteiger partial charge in [-0.2, -0.15) is 0 Å². The number of rotatable bonds is 12. The number of Topliss-reactive ketones (excluding diaryl/α,β-unsaturated/α-hetero) is 1. The highest BCUT2D eigenvalue weighted by Gasteiger charge is 2.16. The summed E-state index contributed by atoms with van der Waals surface area (Å²) in [5.74, 6) is 0.563. The number of carbonyl (C=O) groups is 2. The van der Waals surface area contributed by atoms with Crippen LogP contribution >= 0.6 is 0 Å². The van der Waals surface area contributed by atoms with Crippen LogP contribution in [0, 0.1) is 5.92 Å². The van der Waals surface area contributed by atoms with E-state index < -0.39 is 12.1 Å². The van der Waals surface area contributed by atoms with Gasteiger partial charge in [-0.15, -0.1) is 0 Å². The zero-order chi connectivity index (χ0) is 21.2. The lowest BCUT2D eigenvalue weighted by Crippen LogP contribution is -2.24. The van der Waals surface area contributed by atoms with E-state index in [1.54, 1.807) is 24.3 Å². The fourth-order valence-corrected chi connectivity index (χ4v) is 2.70. The first-order chi connectivity index (χ1) is 13.9. The van der Waals surface area contributed by atoms with Gasteiger partial charge in [0.2, 0.25) is 0 Å². The maximum atomic E-state index is 11.9. The maximum Gasteiger partial charge on any atom is 0.333 e. The van der Waals surface area contributed by atoms with E-state index in [1.165, 1.54) is 7.11 Å². The summed E-state index contributed by atoms with van der Waals surface area (Å²) in [6, 6.07) is 14.5. The monoisotopic (exact) mass is 400 g/mol. The predicted molar refractivity (Wildman–Crippen MR) is 110 cm³/mol. The average Bonchev–Trinajstić information content (AvgIpc) is 2.72. The van der Waals surface area contributed by atoms with Gasteiger partial charge in [-0.1, -0.05) is 26.0 Å². The van der Waals surface area contributed by atoms with Crippen LogP contribution in [0.4, 0.5) is 0 Å². The number of carboxylic acid groups (broad SMARTS) is 1. The fraction of sp³-hybridized carbons (Fsp3) is 0.391. The SMILES string of the molecule is CO[C@@H](Cc1ccc(OCCCOc2ccc(C(=O)C(C)C)cc2)cc1)C(=O)O. The fourth-order valence-electron chi connectivity index (χ4n) is 2.70. The molecule has 0 aliphatic rings. The Morgan fingerprint density at radius 3 is 1.86 bits per heavy atom. The van der Waals surface area contributed by atoms with Gasteiger partial charge in [-0.05, 0) is 42.0 Å². The van der Waals surface area contributed by atoms with Crippen LogP contribution in [0.5, 0.6) is 11.5 Å².